The van der Waals surface area contributed by atoms with Crippen molar-refractivity contribution in [2.24, 2.45) is 0 Å². The molecule has 1 unspecified atom stereocenters. The van der Waals surface area contributed by atoms with Gasteiger partial charge in [-0.25, -0.2) is 0 Å². The molecule has 1 atom stereocenters. The van der Waals surface area contributed by atoms with Crippen molar-refractivity contribution in [3.05, 3.63) is 29.8 Å². The zero-order valence-corrected chi connectivity index (χ0v) is 12.8. The highest BCUT2D eigenvalue weighted by atomic mass is 16.3. The smallest absolute Gasteiger partial charge is 0.313 e. The molecule has 0 bridgehead atoms. The molecule has 0 aliphatic heterocycles. The van der Waals surface area contributed by atoms with Crippen LogP contribution in [-0.2, 0) is 9.59 Å². The molecule has 2 amide bonds. The minimum Gasteiger partial charge on any atom is -0.393 e. The van der Waals surface area contributed by atoms with Crippen molar-refractivity contribution in [1.29, 1.82) is 0 Å². The lowest BCUT2D eigenvalue weighted by molar-refractivity contribution is -0.136. The molecule has 0 saturated carbocycles. The van der Waals surface area contributed by atoms with E-state index in [1.807, 2.05) is 25.1 Å². The number of rotatable bonds is 6. The van der Waals surface area contributed by atoms with E-state index in [0.29, 0.717) is 24.4 Å². The van der Waals surface area contributed by atoms with Crippen molar-refractivity contribution in [2.75, 3.05) is 11.9 Å². The molecule has 0 saturated heterocycles. The van der Waals surface area contributed by atoms with Gasteiger partial charge in [0.2, 0.25) is 0 Å². The molecular formula is C16H24N2O3. The first-order valence-electron chi connectivity index (χ1n) is 7.31. The maximum atomic E-state index is 11.8. The van der Waals surface area contributed by atoms with Crippen LogP contribution in [0.2, 0.25) is 0 Å². The highest BCUT2D eigenvalue weighted by Gasteiger charge is 2.14. The molecule has 0 spiro atoms. The van der Waals surface area contributed by atoms with Gasteiger partial charge in [0, 0.05) is 12.2 Å². The predicted octanol–water partition coefficient (Wildman–Crippen LogP) is 2.03. The third-order valence-corrected chi connectivity index (χ3v) is 3.25. The molecule has 5 heteroatoms. The first-order valence-corrected chi connectivity index (χ1v) is 7.31. The van der Waals surface area contributed by atoms with Crippen LogP contribution in [0.1, 0.15) is 45.1 Å². The van der Waals surface area contributed by atoms with E-state index in [1.54, 1.807) is 6.07 Å². The monoisotopic (exact) mass is 292 g/mol. The zero-order chi connectivity index (χ0) is 15.8. The average Bonchev–Trinajstić information content (AvgIpc) is 2.47. The molecule has 0 heterocycles. The maximum Gasteiger partial charge on any atom is 0.313 e. The number of aliphatic hydroxyl groups is 1. The second-order valence-electron chi connectivity index (χ2n) is 5.34. The minimum atomic E-state index is -0.693. The van der Waals surface area contributed by atoms with Crippen LogP contribution in [0.4, 0.5) is 5.69 Å². The first kappa shape index (κ1) is 17.2. The third kappa shape index (κ3) is 5.95. The van der Waals surface area contributed by atoms with Gasteiger partial charge < -0.3 is 15.7 Å². The number of carbonyl (C=O) groups is 2. The normalized spacial score (nSPS) is 12.0. The summed E-state index contributed by atoms with van der Waals surface area (Å²) in [6.45, 7) is 6.27. The summed E-state index contributed by atoms with van der Waals surface area (Å²) in [5.74, 6) is -1.03. The molecule has 1 aromatic rings. The molecule has 0 fully saturated rings. The van der Waals surface area contributed by atoms with Gasteiger partial charge in [-0.3, -0.25) is 9.59 Å². The van der Waals surface area contributed by atoms with Crippen LogP contribution in [0.15, 0.2) is 24.3 Å². The Bertz CT molecular complexity index is 486. The largest absolute Gasteiger partial charge is 0.393 e. The Morgan fingerprint density at radius 3 is 2.57 bits per heavy atom. The molecule has 3 N–H and O–H groups in total. The summed E-state index contributed by atoms with van der Waals surface area (Å²) in [6, 6.07) is 7.43. The van der Waals surface area contributed by atoms with Crippen molar-refractivity contribution < 1.29 is 14.7 Å². The van der Waals surface area contributed by atoms with Crippen molar-refractivity contribution in [1.82, 2.24) is 5.32 Å². The number of benzene rings is 1. The molecule has 0 radical (unpaired) electrons. The van der Waals surface area contributed by atoms with E-state index in [0.717, 1.165) is 5.56 Å². The molecule has 0 aliphatic carbocycles. The number of anilines is 1. The van der Waals surface area contributed by atoms with Gasteiger partial charge in [-0.2, -0.15) is 0 Å². The Morgan fingerprint density at radius 1 is 1.24 bits per heavy atom. The van der Waals surface area contributed by atoms with E-state index in [9.17, 15) is 14.7 Å². The Kier molecular flexibility index (Phi) is 6.88. The fourth-order valence-electron chi connectivity index (χ4n) is 1.80. The van der Waals surface area contributed by atoms with Crippen molar-refractivity contribution in [2.45, 2.75) is 45.6 Å². The molecule has 5 nitrogen and oxygen atoms in total. The molecule has 21 heavy (non-hydrogen) atoms. The van der Waals surface area contributed by atoms with Gasteiger partial charge in [-0.1, -0.05) is 32.9 Å². The van der Waals surface area contributed by atoms with Gasteiger partial charge in [0.1, 0.15) is 0 Å². The minimum absolute atomic E-state index is 0.285. The van der Waals surface area contributed by atoms with E-state index in [4.69, 9.17) is 0 Å². The fraction of sp³-hybridized carbons (Fsp3) is 0.500. The van der Waals surface area contributed by atoms with Crippen LogP contribution >= 0.6 is 0 Å². The van der Waals surface area contributed by atoms with Crippen molar-refractivity contribution in [3.63, 3.8) is 0 Å². The molecule has 0 aliphatic rings. The molecule has 1 rings (SSSR count). The quantitative estimate of drug-likeness (QED) is 0.702. The number of nitrogens with one attached hydrogen (secondary N) is 2. The van der Waals surface area contributed by atoms with Crippen LogP contribution in [0, 0.1) is 0 Å². The van der Waals surface area contributed by atoms with E-state index in [1.165, 1.54) is 0 Å². The lowest BCUT2D eigenvalue weighted by Crippen LogP contribution is -2.36. The molecular weight excluding hydrogens is 268 g/mol. The Morgan fingerprint density at radius 2 is 1.95 bits per heavy atom. The van der Waals surface area contributed by atoms with Gasteiger partial charge in [-0.15, -0.1) is 0 Å². The van der Waals surface area contributed by atoms with Crippen molar-refractivity contribution in [3.8, 4) is 0 Å². The fourth-order valence-corrected chi connectivity index (χ4v) is 1.80. The number of amides is 2. The Hall–Kier alpha value is -1.88. The standard InChI is InChI=1S/C16H24N2O3/c1-4-14(19)8-9-17-15(20)16(21)18-13-7-5-6-12(10-13)11(2)3/h5-7,10-11,14,19H,4,8-9H2,1-3H3,(H,17,20)(H,18,21). The van der Waals surface area contributed by atoms with Crippen LogP contribution < -0.4 is 10.6 Å². The first-order chi connectivity index (χ1) is 9.93. The van der Waals surface area contributed by atoms with E-state index in [2.05, 4.69) is 24.5 Å². The summed E-state index contributed by atoms with van der Waals surface area (Å²) in [4.78, 5) is 23.4. The van der Waals surface area contributed by atoms with Crippen LogP contribution in [-0.4, -0.2) is 29.6 Å². The number of carbonyl (C=O) groups excluding carboxylic acids is 2. The number of hydrogen-bond donors (Lipinski definition) is 3. The van der Waals surface area contributed by atoms with Crippen LogP contribution in [0.5, 0.6) is 0 Å². The second-order valence-corrected chi connectivity index (χ2v) is 5.34. The van der Waals surface area contributed by atoms with Gasteiger partial charge in [-0.05, 0) is 36.5 Å². The topological polar surface area (TPSA) is 78.4 Å². The highest BCUT2D eigenvalue weighted by Crippen LogP contribution is 2.18. The Labute approximate surface area is 125 Å². The second kappa shape index (κ2) is 8.42. The lowest BCUT2D eigenvalue weighted by Gasteiger charge is -2.10. The summed E-state index contributed by atoms with van der Waals surface area (Å²) in [5, 5.41) is 14.4. The summed E-state index contributed by atoms with van der Waals surface area (Å²) in [5.41, 5.74) is 1.70. The van der Waals surface area contributed by atoms with Crippen LogP contribution in [0.25, 0.3) is 0 Å². The Balaban J connectivity index is 2.49. The van der Waals surface area contributed by atoms with E-state index >= 15 is 0 Å². The summed E-state index contributed by atoms with van der Waals surface area (Å²) in [7, 11) is 0. The van der Waals surface area contributed by atoms with Gasteiger partial charge in [0.25, 0.3) is 0 Å². The third-order valence-electron chi connectivity index (χ3n) is 3.25. The van der Waals surface area contributed by atoms with Gasteiger partial charge in [0.05, 0.1) is 6.10 Å². The van der Waals surface area contributed by atoms with Crippen LogP contribution in [0.3, 0.4) is 0 Å². The summed E-state index contributed by atoms with van der Waals surface area (Å²) >= 11 is 0. The lowest BCUT2D eigenvalue weighted by atomic mass is 10.0. The highest BCUT2D eigenvalue weighted by molar-refractivity contribution is 6.39. The summed E-state index contributed by atoms with van der Waals surface area (Å²) in [6.07, 6.45) is 0.624. The van der Waals surface area contributed by atoms with E-state index in [-0.39, 0.29) is 6.54 Å². The zero-order valence-electron chi connectivity index (χ0n) is 12.8. The average molecular weight is 292 g/mol. The number of hydrogen-bond acceptors (Lipinski definition) is 3. The van der Waals surface area contributed by atoms with Gasteiger partial charge in [0.15, 0.2) is 0 Å². The molecule has 116 valence electrons. The van der Waals surface area contributed by atoms with E-state index < -0.39 is 17.9 Å². The van der Waals surface area contributed by atoms with Crippen molar-refractivity contribution >= 4 is 17.5 Å². The SMILES string of the molecule is CCC(O)CCNC(=O)C(=O)Nc1cccc(C(C)C)c1. The summed E-state index contributed by atoms with van der Waals surface area (Å²) < 4.78 is 0. The maximum absolute atomic E-state index is 11.8. The number of aliphatic hydroxyl groups excluding tert-OH is 1. The predicted molar refractivity (Wildman–Crippen MR) is 83.1 cm³/mol. The molecule has 1 aromatic carbocycles. The van der Waals surface area contributed by atoms with Gasteiger partial charge >= 0.3 is 11.8 Å². The molecule has 0 aromatic heterocycles.